The molecule has 1 unspecified atom stereocenters. The van der Waals surface area contributed by atoms with E-state index in [0.717, 1.165) is 12.5 Å². The molecule has 0 rings (SSSR count). The van der Waals surface area contributed by atoms with Crippen molar-refractivity contribution in [3.8, 4) is 6.07 Å². The van der Waals surface area contributed by atoms with Crippen LogP contribution >= 0.6 is 0 Å². The maximum atomic E-state index is 8.31. The van der Waals surface area contributed by atoms with Gasteiger partial charge in [-0.15, -0.1) is 0 Å². The Morgan fingerprint density at radius 3 is 2.29 bits per heavy atom. The minimum Gasteiger partial charge on any atom is -0.392 e. The van der Waals surface area contributed by atoms with Gasteiger partial charge in [-0.2, -0.15) is 5.26 Å². The summed E-state index contributed by atoms with van der Waals surface area (Å²) >= 11 is 0. The van der Waals surface area contributed by atoms with Gasteiger partial charge >= 0.3 is 8.56 Å². The van der Waals surface area contributed by atoms with E-state index in [9.17, 15) is 0 Å². The molecule has 17 heavy (non-hydrogen) atoms. The van der Waals surface area contributed by atoms with Crippen molar-refractivity contribution >= 4 is 8.56 Å². The quantitative estimate of drug-likeness (QED) is 0.418. The highest BCUT2D eigenvalue weighted by Crippen LogP contribution is 2.15. The molecular weight excluding hydrogens is 238 g/mol. The van der Waals surface area contributed by atoms with Crippen LogP contribution in [0.4, 0.5) is 0 Å². The lowest BCUT2D eigenvalue weighted by Gasteiger charge is -2.26. The number of rotatable bonds is 11. The monoisotopic (exact) mass is 261 g/mol. The third-order valence-corrected chi connectivity index (χ3v) is 5.24. The Kier molecular flexibility index (Phi) is 10.4. The first kappa shape index (κ1) is 16.5. The number of nitriles is 1. The van der Waals surface area contributed by atoms with Crippen LogP contribution in [0.15, 0.2) is 0 Å². The average molecular weight is 261 g/mol. The molecular formula is C11H23NO4Si. The highest BCUT2D eigenvalue weighted by molar-refractivity contribution is 6.66. The zero-order valence-corrected chi connectivity index (χ0v) is 12.0. The van der Waals surface area contributed by atoms with E-state index in [1.165, 1.54) is 0 Å². The van der Waals surface area contributed by atoms with Crippen molar-refractivity contribution < 1.29 is 18.3 Å². The van der Waals surface area contributed by atoms with Gasteiger partial charge in [-0.1, -0.05) is 13.3 Å². The molecule has 0 saturated carbocycles. The molecule has 0 saturated heterocycles. The van der Waals surface area contributed by atoms with E-state index in [0.29, 0.717) is 26.4 Å². The average Bonchev–Trinajstić information content (AvgIpc) is 2.29. The van der Waals surface area contributed by atoms with Crippen molar-refractivity contribution in [2.45, 2.75) is 25.9 Å². The Labute approximate surface area is 105 Å². The molecule has 5 nitrogen and oxygen atoms in total. The topological polar surface area (TPSA) is 60.7 Å². The summed E-state index contributed by atoms with van der Waals surface area (Å²) in [5.74, 6) is 0. The summed E-state index contributed by atoms with van der Waals surface area (Å²) in [7, 11) is -0.438. The Morgan fingerprint density at radius 1 is 1.12 bits per heavy atom. The molecule has 1 atom stereocenters. The molecule has 0 aromatic rings. The fourth-order valence-corrected chi connectivity index (χ4v) is 3.73. The maximum absolute atomic E-state index is 8.31. The molecule has 0 radical (unpaired) electrons. The van der Waals surface area contributed by atoms with Crippen LogP contribution in [0.3, 0.4) is 0 Å². The van der Waals surface area contributed by atoms with Crippen molar-refractivity contribution in [1.82, 2.24) is 0 Å². The van der Waals surface area contributed by atoms with Gasteiger partial charge in [0.2, 0.25) is 0 Å². The zero-order chi connectivity index (χ0) is 13.0. The summed E-state index contributed by atoms with van der Waals surface area (Å²) in [4.78, 5) is 0. The smallest absolute Gasteiger partial charge is 0.335 e. The molecule has 0 aliphatic heterocycles. The lowest BCUT2D eigenvalue weighted by molar-refractivity contribution is 0.0806. The zero-order valence-electron chi connectivity index (χ0n) is 11.0. The van der Waals surface area contributed by atoms with Crippen LogP contribution < -0.4 is 0 Å². The lowest BCUT2D eigenvalue weighted by Crippen LogP contribution is -2.40. The SMILES string of the molecule is CCC[Si](C)(OCCOC)OCCOCC#N. The Hall–Kier alpha value is -0.453. The lowest BCUT2D eigenvalue weighted by atomic mass is 10.6. The molecule has 0 fully saturated rings. The van der Waals surface area contributed by atoms with E-state index in [2.05, 4.69) is 13.5 Å². The molecule has 0 heterocycles. The third-order valence-electron chi connectivity index (χ3n) is 2.20. The molecule has 0 aromatic carbocycles. The van der Waals surface area contributed by atoms with Crippen molar-refractivity contribution in [2.24, 2.45) is 0 Å². The molecule has 0 amide bonds. The van der Waals surface area contributed by atoms with E-state index in [1.807, 2.05) is 6.07 Å². The Balaban J connectivity index is 3.81. The van der Waals surface area contributed by atoms with Gasteiger partial charge in [-0.05, 0) is 12.6 Å². The second-order valence-electron chi connectivity index (χ2n) is 3.78. The molecule has 0 aromatic heterocycles. The van der Waals surface area contributed by atoms with E-state index in [-0.39, 0.29) is 6.61 Å². The molecule has 0 N–H and O–H groups in total. The summed E-state index contributed by atoms with van der Waals surface area (Å²) < 4.78 is 21.6. The molecule has 0 aliphatic carbocycles. The van der Waals surface area contributed by atoms with E-state index >= 15 is 0 Å². The van der Waals surface area contributed by atoms with Crippen LogP contribution in [0.1, 0.15) is 13.3 Å². The van der Waals surface area contributed by atoms with Crippen LogP contribution in [0.25, 0.3) is 0 Å². The van der Waals surface area contributed by atoms with Gasteiger partial charge in [0.1, 0.15) is 6.61 Å². The predicted molar refractivity (Wildman–Crippen MR) is 66.9 cm³/mol. The number of methoxy groups -OCH3 is 1. The standard InChI is InChI=1S/C11H23NO4Si/c1-4-11-17(3,15-9-7-13-2)16-10-8-14-6-5-12/h4,6-11H2,1-3H3. The maximum Gasteiger partial charge on any atom is 0.335 e. The number of hydrogen-bond acceptors (Lipinski definition) is 5. The highest BCUT2D eigenvalue weighted by Gasteiger charge is 2.30. The van der Waals surface area contributed by atoms with Gasteiger partial charge in [-0.3, -0.25) is 0 Å². The van der Waals surface area contributed by atoms with Gasteiger partial charge < -0.3 is 18.3 Å². The van der Waals surface area contributed by atoms with Gasteiger partial charge in [0.15, 0.2) is 0 Å². The van der Waals surface area contributed by atoms with Crippen LogP contribution in [0, 0.1) is 11.3 Å². The van der Waals surface area contributed by atoms with Gasteiger partial charge in [0.05, 0.1) is 32.5 Å². The first-order chi connectivity index (χ1) is 8.18. The van der Waals surface area contributed by atoms with Crippen LogP contribution in [0.2, 0.25) is 12.6 Å². The number of hydrogen-bond donors (Lipinski definition) is 0. The van der Waals surface area contributed by atoms with Crippen LogP contribution in [0.5, 0.6) is 0 Å². The summed E-state index contributed by atoms with van der Waals surface area (Å²) in [5, 5.41) is 8.31. The molecule has 6 heteroatoms. The fourth-order valence-electron chi connectivity index (χ4n) is 1.42. The first-order valence-corrected chi connectivity index (χ1v) is 8.42. The number of ether oxygens (including phenoxy) is 2. The van der Waals surface area contributed by atoms with E-state index in [4.69, 9.17) is 23.6 Å². The van der Waals surface area contributed by atoms with Crippen molar-refractivity contribution in [2.75, 3.05) is 40.1 Å². The van der Waals surface area contributed by atoms with Gasteiger partial charge in [-0.25, -0.2) is 0 Å². The summed E-state index contributed by atoms with van der Waals surface area (Å²) in [5.41, 5.74) is 0. The summed E-state index contributed by atoms with van der Waals surface area (Å²) in [6, 6.07) is 2.87. The Bertz CT molecular complexity index is 222. The second-order valence-corrected chi connectivity index (χ2v) is 7.13. The molecule has 0 bridgehead atoms. The van der Waals surface area contributed by atoms with Gasteiger partial charge in [0, 0.05) is 7.11 Å². The molecule has 0 spiro atoms. The van der Waals surface area contributed by atoms with Crippen LogP contribution in [-0.4, -0.2) is 48.7 Å². The molecule has 0 aliphatic rings. The Morgan fingerprint density at radius 2 is 1.76 bits per heavy atom. The predicted octanol–water partition coefficient (Wildman–Crippen LogP) is 1.69. The van der Waals surface area contributed by atoms with Crippen molar-refractivity contribution in [3.63, 3.8) is 0 Å². The first-order valence-electron chi connectivity index (χ1n) is 5.90. The highest BCUT2D eigenvalue weighted by atomic mass is 28.4. The largest absolute Gasteiger partial charge is 0.392 e. The number of nitrogens with zero attached hydrogens (tertiary/aromatic N) is 1. The van der Waals surface area contributed by atoms with E-state index in [1.54, 1.807) is 7.11 Å². The summed E-state index contributed by atoms with van der Waals surface area (Å²) in [6.45, 7) is 6.35. The van der Waals surface area contributed by atoms with Crippen molar-refractivity contribution in [1.29, 1.82) is 5.26 Å². The minimum absolute atomic E-state index is 0.111. The third kappa shape index (κ3) is 9.27. The fraction of sp³-hybridized carbons (Fsp3) is 0.909. The van der Waals surface area contributed by atoms with Crippen molar-refractivity contribution in [3.05, 3.63) is 0 Å². The van der Waals surface area contributed by atoms with Gasteiger partial charge in [0.25, 0.3) is 0 Å². The minimum atomic E-state index is -2.09. The second kappa shape index (κ2) is 10.7. The normalized spacial score (nSPS) is 14.2. The summed E-state index contributed by atoms with van der Waals surface area (Å²) in [6.07, 6.45) is 1.04. The van der Waals surface area contributed by atoms with E-state index < -0.39 is 8.56 Å². The van der Waals surface area contributed by atoms with Crippen LogP contribution in [-0.2, 0) is 18.3 Å². The molecule has 100 valence electrons.